The van der Waals surface area contributed by atoms with Gasteiger partial charge in [-0.25, -0.2) is 4.98 Å². The highest BCUT2D eigenvalue weighted by Crippen LogP contribution is 2.23. The van der Waals surface area contributed by atoms with Crippen LogP contribution in [-0.2, 0) is 11.2 Å². The Morgan fingerprint density at radius 2 is 2.24 bits per heavy atom. The fourth-order valence-corrected chi connectivity index (χ4v) is 3.09. The minimum Gasteiger partial charge on any atom is -0.351 e. The molecule has 1 N–H and O–H groups in total. The van der Waals surface area contributed by atoms with Crippen molar-refractivity contribution in [2.75, 3.05) is 0 Å². The number of amides is 1. The van der Waals surface area contributed by atoms with Gasteiger partial charge in [0.05, 0.1) is 12.1 Å². The molecule has 0 radical (unpaired) electrons. The van der Waals surface area contributed by atoms with Crippen LogP contribution in [0.4, 0.5) is 0 Å². The molecule has 1 amide bonds. The molecule has 21 heavy (non-hydrogen) atoms. The van der Waals surface area contributed by atoms with Gasteiger partial charge < -0.3 is 5.32 Å². The molecule has 2 aromatic heterocycles. The molecular weight excluding hydrogens is 282 g/mol. The van der Waals surface area contributed by atoms with Gasteiger partial charge in [-0.05, 0) is 32.4 Å². The molecule has 0 aliphatic heterocycles. The first kappa shape index (κ1) is 15.6. The van der Waals surface area contributed by atoms with Crippen LogP contribution < -0.4 is 5.32 Å². The zero-order valence-corrected chi connectivity index (χ0v) is 13.5. The number of pyridine rings is 1. The van der Waals surface area contributed by atoms with Crippen molar-refractivity contribution in [2.24, 2.45) is 0 Å². The zero-order valence-electron chi connectivity index (χ0n) is 12.7. The Balaban J connectivity index is 1.98. The van der Waals surface area contributed by atoms with Crippen molar-refractivity contribution in [1.29, 1.82) is 0 Å². The molecule has 2 aromatic rings. The monoisotopic (exact) mass is 303 g/mol. The second-order valence-corrected chi connectivity index (χ2v) is 6.60. The second-order valence-electron chi connectivity index (χ2n) is 5.74. The highest BCUT2D eigenvalue weighted by molar-refractivity contribution is 7.13. The van der Waals surface area contributed by atoms with Crippen LogP contribution in [0.25, 0.3) is 10.6 Å². The molecule has 4 nitrogen and oxygen atoms in total. The van der Waals surface area contributed by atoms with Crippen LogP contribution in [-0.4, -0.2) is 21.4 Å². The number of carbonyl (C=O) groups is 1. The van der Waals surface area contributed by atoms with E-state index in [0.717, 1.165) is 29.1 Å². The lowest BCUT2D eigenvalue weighted by atomic mass is 9.99. The number of aromatic nitrogens is 2. The van der Waals surface area contributed by atoms with Crippen LogP contribution in [0.15, 0.2) is 29.9 Å². The quantitative estimate of drug-likeness (QED) is 0.889. The van der Waals surface area contributed by atoms with E-state index >= 15 is 0 Å². The van der Waals surface area contributed by atoms with Gasteiger partial charge >= 0.3 is 0 Å². The number of rotatable bonds is 6. The van der Waals surface area contributed by atoms with E-state index in [4.69, 9.17) is 0 Å². The number of nitrogens with zero attached hydrogens (tertiary/aromatic N) is 2. The van der Waals surface area contributed by atoms with Crippen molar-refractivity contribution in [3.63, 3.8) is 0 Å². The average molecular weight is 303 g/mol. The Bertz CT molecular complexity index is 593. The van der Waals surface area contributed by atoms with Gasteiger partial charge in [-0.15, -0.1) is 11.3 Å². The lowest BCUT2D eigenvalue weighted by Gasteiger charge is -2.25. The van der Waals surface area contributed by atoms with E-state index in [-0.39, 0.29) is 11.4 Å². The topological polar surface area (TPSA) is 54.9 Å². The van der Waals surface area contributed by atoms with Crippen molar-refractivity contribution in [3.05, 3.63) is 35.6 Å². The molecule has 0 aliphatic carbocycles. The van der Waals surface area contributed by atoms with E-state index in [9.17, 15) is 4.79 Å². The molecule has 0 aromatic carbocycles. The lowest BCUT2D eigenvalue weighted by Crippen LogP contribution is -2.43. The summed E-state index contributed by atoms with van der Waals surface area (Å²) in [4.78, 5) is 20.7. The second kappa shape index (κ2) is 6.80. The Labute approximate surface area is 129 Å². The normalized spacial score (nSPS) is 11.4. The van der Waals surface area contributed by atoms with Crippen molar-refractivity contribution in [3.8, 4) is 10.6 Å². The molecule has 2 heterocycles. The molecule has 112 valence electrons. The third kappa shape index (κ3) is 4.63. The van der Waals surface area contributed by atoms with Crippen molar-refractivity contribution < 1.29 is 4.79 Å². The van der Waals surface area contributed by atoms with Crippen LogP contribution in [0.5, 0.6) is 0 Å². The fraction of sp³-hybridized carbons (Fsp3) is 0.438. The first-order valence-electron chi connectivity index (χ1n) is 7.16. The molecule has 5 heteroatoms. The summed E-state index contributed by atoms with van der Waals surface area (Å²) in [5.74, 6) is 0.0245. The highest BCUT2D eigenvalue weighted by Gasteiger charge is 2.19. The van der Waals surface area contributed by atoms with Crippen LogP contribution in [0, 0.1) is 0 Å². The van der Waals surface area contributed by atoms with E-state index in [2.05, 4.69) is 36.1 Å². The molecular formula is C16H21N3OS. The third-order valence-electron chi connectivity index (χ3n) is 3.15. The molecule has 0 atom stereocenters. The van der Waals surface area contributed by atoms with Crippen molar-refractivity contribution in [2.45, 2.75) is 45.6 Å². The Hall–Kier alpha value is -1.75. The highest BCUT2D eigenvalue weighted by atomic mass is 32.1. The zero-order chi connectivity index (χ0) is 15.3. The number of hydrogen-bond donors (Lipinski definition) is 1. The predicted molar refractivity (Wildman–Crippen MR) is 86.2 cm³/mol. The maximum absolute atomic E-state index is 12.1. The van der Waals surface area contributed by atoms with Gasteiger partial charge in [0, 0.05) is 28.9 Å². The van der Waals surface area contributed by atoms with E-state index < -0.39 is 0 Å². The van der Waals surface area contributed by atoms with Gasteiger partial charge in [-0.3, -0.25) is 9.78 Å². The summed E-state index contributed by atoms with van der Waals surface area (Å²) in [6.07, 6.45) is 5.87. The van der Waals surface area contributed by atoms with E-state index in [0.29, 0.717) is 6.42 Å². The molecule has 0 saturated carbocycles. The Morgan fingerprint density at radius 1 is 1.43 bits per heavy atom. The summed E-state index contributed by atoms with van der Waals surface area (Å²) in [6, 6.07) is 3.86. The van der Waals surface area contributed by atoms with Gasteiger partial charge in [0.2, 0.25) is 5.91 Å². The minimum atomic E-state index is -0.159. The largest absolute Gasteiger partial charge is 0.351 e. The van der Waals surface area contributed by atoms with E-state index in [1.165, 1.54) is 0 Å². The molecule has 0 saturated heterocycles. The van der Waals surface area contributed by atoms with Gasteiger partial charge in [-0.1, -0.05) is 13.3 Å². The van der Waals surface area contributed by atoms with Crippen LogP contribution in [0.2, 0.25) is 0 Å². The maximum atomic E-state index is 12.1. The fourth-order valence-electron chi connectivity index (χ4n) is 2.28. The number of hydrogen-bond acceptors (Lipinski definition) is 4. The number of carbonyl (C=O) groups excluding carboxylic acids is 1. The van der Waals surface area contributed by atoms with Gasteiger partial charge in [0.1, 0.15) is 5.01 Å². The van der Waals surface area contributed by atoms with Crippen LogP contribution in [0.3, 0.4) is 0 Å². The number of nitrogens with one attached hydrogen (secondary N) is 1. The molecule has 0 spiro atoms. The number of thiazole rings is 1. The van der Waals surface area contributed by atoms with Crippen molar-refractivity contribution in [1.82, 2.24) is 15.3 Å². The molecule has 2 rings (SSSR count). The van der Waals surface area contributed by atoms with Crippen LogP contribution >= 0.6 is 11.3 Å². The van der Waals surface area contributed by atoms with Gasteiger partial charge in [-0.2, -0.15) is 0 Å². The molecule has 0 fully saturated rings. The van der Waals surface area contributed by atoms with Gasteiger partial charge in [0.25, 0.3) is 0 Å². The lowest BCUT2D eigenvalue weighted by molar-refractivity contribution is -0.122. The Morgan fingerprint density at radius 3 is 2.90 bits per heavy atom. The summed E-state index contributed by atoms with van der Waals surface area (Å²) < 4.78 is 0. The van der Waals surface area contributed by atoms with E-state index in [1.54, 1.807) is 23.7 Å². The smallest absolute Gasteiger partial charge is 0.226 e. The summed E-state index contributed by atoms with van der Waals surface area (Å²) in [7, 11) is 0. The third-order valence-corrected chi connectivity index (χ3v) is 4.09. The summed E-state index contributed by atoms with van der Waals surface area (Å²) in [6.45, 7) is 6.22. The summed E-state index contributed by atoms with van der Waals surface area (Å²) >= 11 is 1.54. The average Bonchev–Trinajstić information content (AvgIpc) is 2.87. The van der Waals surface area contributed by atoms with E-state index in [1.807, 2.05) is 17.5 Å². The summed E-state index contributed by atoms with van der Waals surface area (Å²) in [5, 5.41) is 5.91. The Kier molecular flexibility index (Phi) is 5.07. The predicted octanol–water partition coefficient (Wildman–Crippen LogP) is 3.44. The van der Waals surface area contributed by atoms with Crippen molar-refractivity contribution >= 4 is 17.2 Å². The molecule has 0 bridgehead atoms. The maximum Gasteiger partial charge on any atom is 0.226 e. The SMILES string of the molecule is CCCC(C)(C)NC(=O)Cc1csc(-c2cccnc2)n1. The first-order valence-corrected chi connectivity index (χ1v) is 8.04. The molecule has 0 aliphatic rings. The molecule has 0 unspecified atom stereocenters. The first-order chi connectivity index (χ1) is 10.00. The van der Waals surface area contributed by atoms with Gasteiger partial charge in [0.15, 0.2) is 0 Å². The summed E-state index contributed by atoms with van der Waals surface area (Å²) in [5.41, 5.74) is 1.64. The van der Waals surface area contributed by atoms with Crippen LogP contribution in [0.1, 0.15) is 39.3 Å². The minimum absolute atomic E-state index is 0.0245. The standard InChI is InChI=1S/C16H21N3OS/c1-4-7-16(2,3)19-14(20)9-13-11-21-15(18-13)12-6-5-8-17-10-12/h5-6,8,10-11H,4,7,9H2,1-3H3,(H,19,20).